The Balaban J connectivity index is 1.95. The van der Waals surface area contributed by atoms with Gasteiger partial charge in [0.15, 0.2) is 5.82 Å². The van der Waals surface area contributed by atoms with Gasteiger partial charge in [0, 0.05) is 18.2 Å². The molecule has 0 saturated heterocycles. The highest BCUT2D eigenvalue weighted by atomic mass is 16.5. The predicted octanol–water partition coefficient (Wildman–Crippen LogP) is 0.517. The SMILES string of the molecule is COc1ccc(CNCc2nnn(C)n2)c(OC)c1. The van der Waals surface area contributed by atoms with Crippen molar-refractivity contribution in [3.05, 3.63) is 29.6 Å². The van der Waals surface area contributed by atoms with E-state index < -0.39 is 0 Å². The first kappa shape index (κ1) is 13.3. The molecule has 2 rings (SSSR count). The summed E-state index contributed by atoms with van der Waals surface area (Å²) in [6, 6.07) is 5.73. The van der Waals surface area contributed by atoms with Crippen molar-refractivity contribution in [2.24, 2.45) is 7.05 Å². The Morgan fingerprint density at radius 3 is 2.68 bits per heavy atom. The van der Waals surface area contributed by atoms with Crippen molar-refractivity contribution in [1.82, 2.24) is 25.5 Å². The van der Waals surface area contributed by atoms with Crippen LogP contribution in [0.25, 0.3) is 0 Å². The molecule has 19 heavy (non-hydrogen) atoms. The number of rotatable bonds is 6. The normalized spacial score (nSPS) is 10.5. The zero-order valence-electron chi connectivity index (χ0n) is 11.3. The van der Waals surface area contributed by atoms with Crippen molar-refractivity contribution < 1.29 is 9.47 Å². The average molecular weight is 263 g/mol. The van der Waals surface area contributed by atoms with Crippen molar-refractivity contribution in [3.8, 4) is 11.5 Å². The highest BCUT2D eigenvalue weighted by Gasteiger charge is 2.05. The number of hydrogen-bond donors (Lipinski definition) is 1. The van der Waals surface area contributed by atoms with Gasteiger partial charge in [-0.15, -0.1) is 10.2 Å². The van der Waals surface area contributed by atoms with E-state index in [4.69, 9.17) is 9.47 Å². The Labute approximate surface area is 111 Å². The van der Waals surface area contributed by atoms with E-state index in [1.165, 1.54) is 4.80 Å². The van der Waals surface area contributed by atoms with Gasteiger partial charge in [-0.2, -0.15) is 4.80 Å². The van der Waals surface area contributed by atoms with Gasteiger partial charge in [-0.3, -0.25) is 0 Å². The zero-order valence-corrected chi connectivity index (χ0v) is 11.3. The fraction of sp³-hybridized carbons (Fsp3) is 0.417. The summed E-state index contributed by atoms with van der Waals surface area (Å²) < 4.78 is 10.5. The summed E-state index contributed by atoms with van der Waals surface area (Å²) in [7, 11) is 5.01. The van der Waals surface area contributed by atoms with Crippen molar-refractivity contribution in [3.63, 3.8) is 0 Å². The van der Waals surface area contributed by atoms with E-state index in [2.05, 4.69) is 20.7 Å². The van der Waals surface area contributed by atoms with E-state index in [0.717, 1.165) is 17.1 Å². The molecule has 1 aromatic heterocycles. The third-order valence-corrected chi connectivity index (χ3v) is 2.64. The second kappa shape index (κ2) is 6.14. The van der Waals surface area contributed by atoms with Crippen LogP contribution in [0.4, 0.5) is 0 Å². The zero-order chi connectivity index (χ0) is 13.7. The Hall–Kier alpha value is -2.15. The molecule has 1 heterocycles. The quantitative estimate of drug-likeness (QED) is 0.819. The third kappa shape index (κ3) is 3.41. The summed E-state index contributed by atoms with van der Waals surface area (Å²) in [5.41, 5.74) is 1.05. The molecule has 0 bridgehead atoms. The molecule has 0 unspecified atom stereocenters. The Morgan fingerprint density at radius 1 is 1.21 bits per heavy atom. The minimum absolute atomic E-state index is 0.559. The number of ether oxygens (including phenoxy) is 2. The van der Waals surface area contributed by atoms with Gasteiger partial charge in [0.05, 0.1) is 27.8 Å². The van der Waals surface area contributed by atoms with E-state index in [0.29, 0.717) is 18.9 Å². The summed E-state index contributed by atoms with van der Waals surface area (Å²) >= 11 is 0. The largest absolute Gasteiger partial charge is 0.497 e. The van der Waals surface area contributed by atoms with Crippen LogP contribution in [-0.2, 0) is 20.1 Å². The van der Waals surface area contributed by atoms with E-state index in [1.807, 2.05) is 18.2 Å². The Bertz CT molecular complexity index is 541. The lowest BCUT2D eigenvalue weighted by Crippen LogP contribution is -2.14. The second-order valence-electron chi connectivity index (χ2n) is 3.98. The number of tetrazole rings is 1. The average Bonchev–Trinajstić information content (AvgIpc) is 2.84. The van der Waals surface area contributed by atoms with Crippen LogP contribution in [-0.4, -0.2) is 34.4 Å². The standard InChI is InChI=1S/C12H17N5O2/c1-17-15-12(14-16-17)8-13-7-9-4-5-10(18-2)6-11(9)19-3/h4-6,13H,7-8H2,1-3H3. The van der Waals surface area contributed by atoms with Gasteiger partial charge < -0.3 is 14.8 Å². The van der Waals surface area contributed by atoms with Crippen LogP contribution in [0.2, 0.25) is 0 Å². The van der Waals surface area contributed by atoms with Crippen LogP contribution < -0.4 is 14.8 Å². The van der Waals surface area contributed by atoms with Crippen molar-refractivity contribution in [2.75, 3.05) is 14.2 Å². The number of aryl methyl sites for hydroxylation is 1. The van der Waals surface area contributed by atoms with Crippen LogP contribution >= 0.6 is 0 Å². The van der Waals surface area contributed by atoms with Crippen LogP contribution in [0, 0.1) is 0 Å². The number of benzene rings is 1. The Morgan fingerprint density at radius 2 is 2.05 bits per heavy atom. The second-order valence-corrected chi connectivity index (χ2v) is 3.98. The van der Waals surface area contributed by atoms with E-state index >= 15 is 0 Å². The molecule has 7 heteroatoms. The first-order valence-electron chi connectivity index (χ1n) is 5.87. The monoisotopic (exact) mass is 263 g/mol. The number of methoxy groups -OCH3 is 2. The summed E-state index contributed by atoms with van der Waals surface area (Å²) in [4.78, 5) is 1.44. The molecule has 2 aromatic rings. The van der Waals surface area contributed by atoms with Crippen LogP contribution in [0.15, 0.2) is 18.2 Å². The molecule has 0 spiro atoms. The minimum Gasteiger partial charge on any atom is -0.497 e. The van der Waals surface area contributed by atoms with Gasteiger partial charge in [0.25, 0.3) is 0 Å². The third-order valence-electron chi connectivity index (χ3n) is 2.64. The fourth-order valence-corrected chi connectivity index (χ4v) is 1.70. The van der Waals surface area contributed by atoms with Crippen molar-refractivity contribution in [2.45, 2.75) is 13.1 Å². The van der Waals surface area contributed by atoms with Gasteiger partial charge in [-0.1, -0.05) is 6.07 Å². The summed E-state index contributed by atoms with van der Waals surface area (Å²) in [5.74, 6) is 2.23. The molecule has 0 amide bonds. The first-order valence-corrected chi connectivity index (χ1v) is 5.87. The number of nitrogens with zero attached hydrogens (tertiary/aromatic N) is 4. The minimum atomic E-state index is 0.559. The highest BCUT2D eigenvalue weighted by Crippen LogP contribution is 2.24. The van der Waals surface area contributed by atoms with Gasteiger partial charge in [0.2, 0.25) is 0 Å². The molecule has 0 aliphatic rings. The topological polar surface area (TPSA) is 74.1 Å². The molecule has 0 fully saturated rings. The van der Waals surface area contributed by atoms with E-state index in [-0.39, 0.29) is 0 Å². The lowest BCUT2D eigenvalue weighted by molar-refractivity contribution is 0.389. The maximum Gasteiger partial charge on any atom is 0.188 e. The van der Waals surface area contributed by atoms with Gasteiger partial charge >= 0.3 is 0 Å². The highest BCUT2D eigenvalue weighted by molar-refractivity contribution is 5.40. The lowest BCUT2D eigenvalue weighted by Gasteiger charge is -2.10. The maximum absolute atomic E-state index is 5.33. The summed E-state index contributed by atoms with van der Waals surface area (Å²) in [5, 5.41) is 15.0. The first-order chi connectivity index (χ1) is 9.22. The van der Waals surface area contributed by atoms with Gasteiger partial charge in [0.1, 0.15) is 11.5 Å². The summed E-state index contributed by atoms with van der Waals surface area (Å²) in [6.45, 7) is 1.22. The molecule has 102 valence electrons. The van der Waals surface area contributed by atoms with Crippen LogP contribution in [0.3, 0.4) is 0 Å². The molecule has 0 atom stereocenters. The van der Waals surface area contributed by atoms with Gasteiger partial charge in [-0.25, -0.2) is 0 Å². The molecule has 0 aliphatic heterocycles. The van der Waals surface area contributed by atoms with Crippen molar-refractivity contribution >= 4 is 0 Å². The number of hydrogen-bond acceptors (Lipinski definition) is 6. The molecule has 1 aromatic carbocycles. The molecule has 0 saturated carbocycles. The molecule has 0 aliphatic carbocycles. The molecular formula is C12H17N5O2. The Kier molecular flexibility index (Phi) is 4.30. The van der Waals surface area contributed by atoms with Crippen molar-refractivity contribution in [1.29, 1.82) is 0 Å². The maximum atomic E-state index is 5.33. The number of nitrogens with one attached hydrogen (secondary N) is 1. The van der Waals surface area contributed by atoms with E-state index in [9.17, 15) is 0 Å². The van der Waals surface area contributed by atoms with Crippen LogP contribution in [0.1, 0.15) is 11.4 Å². The molecule has 7 nitrogen and oxygen atoms in total. The predicted molar refractivity (Wildman–Crippen MR) is 68.9 cm³/mol. The van der Waals surface area contributed by atoms with Crippen LogP contribution in [0.5, 0.6) is 11.5 Å². The summed E-state index contributed by atoms with van der Waals surface area (Å²) in [6.07, 6.45) is 0. The smallest absolute Gasteiger partial charge is 0.188 e. The molecular weight excluding hydrogens is 246 g/mol. The molecule has 0 radical (unpaired) electrons. The van der Waals surface area contributed by atoms with E-state index in [1.54, 1.807) is 21.3 Å². The van der Waals surface area contributed by atoms with Gasteiger partial charge in [-0.05, 0) is 11.3 Å². The molecule has 1 N–H and O–H groups in total. The lowest BCUT2D eigenvalue weighted by atomic mass is 10.2. The number of aromatic nitrogens is 4. The fourth-order valence-electron chi connectivity index (χ4n) is 1.70.